The third kappa shape index (κ3) is 2.32. The van der Waals surface area contributed by atoms with E-state index in [-0.39, 0.29) is 5.91 Å². The molecule has 0 radical (unpaired) electrons. The maximum absolute atomic E-state index is 12.4. The second-order valence-electron chi connectivity index (χ2n) is 5.90. The van der Waals surface area contributed by atoms with Crippen LogP contribution < -0.4 is 5.73 Å². The lowest BCUT2D eigenvalue weighted by Gasteiger charge is -2.27. The lowest BCUT2D eigenvalue weighted by Crippen LogP contribution is -2.47. The zero-order chi connectivity index (χ0) is 13.6. The lowest BCUT2D eigenvalue weighted by atomic mass is 10.0. The number of likely N-dealkylation sites (tertiary alicyclic amines) is 1. The number of nitrogens with zero attached hydrogens (tertiary/aromatic N) is 1. The largest absolute Gasteiger partial charge is 0.593 e. The van der Waals surface area contributed by atoms with Gasteiger partial charge in [-0.3, -0.25) is 4.79 Å². The van der Waals surface area contributed by atoms with Gasteiger partial charge in [-0.15, -0.1) is 0 Å². The molecule has 1 heterocycles. The van der Waals surface area contributed by atoms with E-state index in [1.807, 2.05) is 17.0 Å². The van der Waals surface area contributed by atoms with Crippen molar-refractivity contribution in [3.05, 3.63) is 29.8 Å². The molecule has 1 saturated heterocycles. The maximum Gasteiger partial charge on any atom is 0.253 e. The third-order valence-corrected chi connectivity index (χ3v) is 4.34. The van der Waals surface area contributed by atoms with Crippen molar-refractivity contribution in [1.82, 2.24) is 4.90 Å². The monoisotopic (exact) mass is 261 g/mol. The van der Waals surface area contributed by atoms with Crippen molar-refractivity contribution in [2.45, 2.75) is 44.3 Å². The van der Waals surface area contributed by atoms with Gasteiger partial charge in [0, 0.05) is 24.2 Å². The van der Waals surface area contributed by atoms with E-state index in [1.165, 1.54) is 0 Å². The molecule has 19 heavy (non-hydrogen) atoms. The summed E-state index contributed by atoms with van der Waals surface area (Å²) in [6.45, 7) is 2.12. The average Bonchev–Trinajstić information content (AvgIpc) is 3.04. The highest BCUT2D eigenvalue weighted by atomic mass is 16.3. The van der Waals surface area contributed by atoms with E-state index in [0.29, 0.717) is 24.3 Å². The van der Waals surface area contributed by atoms with Gasteiger partial charge < -0.3 is 15.7 Å². The van der Waals surface area contributed by atoms with Crippen molar-refractivity contribution in [2.24, 2.45) is 11.7 Å². The summed E-state index contributed by atoms with van der Waals surface area (Å²) in [6, 6.07) is 7.58. The van der Waals surface area contributed by atoms with E-state index in [0.717, 1.165) is 24.3 Å². The van der Waals surface area contributed by atoms with E-state index in [9.17, 15) is 4.79 Å². The molecule has 4 heteroatoms. The molecule has 1 aromatic rings. The second kappa shape index (κ2) is 4.53. The van der Waals surface area contributed by atoms with Gasteiger partial charge in [0.15, 0.2) is 0 Å². The molecule has 4 atom stereocenters. The van der Waals surface area contributed by atoms with Crippen molar-refractivity contribution >= 4 is 5.91 Å². The number of benzene rings is 1. The average molecular weight is 261 g/mol. The number of piperidine rings is 1. The zero-order valence-corrected chi connectivity index (χ0v) is 11.2. The minimum Gasteiger partial charge on any atom is -0.593 e. The van der Waals surface area contributed by atoms with Gasteiger partial charge in [0.25, 0.3) is 5.75 Å². The molecule has 1 saturated carbocycles. The molecule has 4 nitrogen and oxygen atoms in total. The van der Waals surface area contributed by atoms with Crippen LogP contribution in [-0.2, 0) is 11.2 Å². The number of rotatable bonds is 3. The normalized spacial score (nSPS) is 30.0. The Morgan fingerprint density at radius 2 is 2.11 bits per heavy atom. The Bertz CT molecular complexity index is 483. The number of carbonyl (C=O) groups is 1. The summed E-state index contributed by atoms with van der Waals surface area (Å²) in [5.74, 6) is 1.30. The Balaban J connectivity index is 1.65. The van der Waals surface area contributed by atoms with E-state index in [4.69, 9.17) is 10.8 Å². The van der Waals surface area contributed by atoms with Crippen molar-refractivity contribution in [3.63, 3.8) is 0 Å². The molecule has 3 rings (SSSR count). The van der Waals surface area contributed by atoms with Crippen LogP contribution in [0.3, 0.4) is 0 Å². The number of nitrogens with two attached hydrogens (primary N) is 1. The highest BCUT2D eigenvalue weighted by Gasteiger charge is 2.52. The van der Waals surface area contributed by atoms with Gasteiger partial charge in [-0.25, -0.2) is 0 Å². The molecule has 1 amide bonds. The molecule has 102 valence electrons. The molecule has 2 aliphatic rings. The van der Waals surface area contributed by atoms with E-state index >= 15 is 0 Å². The summed E-state index contributed by atoms with van der Waals surface area (Å²) in [5.41, 5.74) is 7.10. The lowest BCUT2D eigenvalue weighted by molar-refractivity contribution is -0.134. The molecular weight excluding hydrogens is 240 g/mol. The van der Waals surface area contributed by atoms with Crippen molar-refractivity contribution in [2.75, 3.05) is 0 Å². The summed E-state index contributed by atoms with van der Waals surface area (Å²) in [5, 5.41) is 7.45. The molecule has 1 aromatic carbocycles. The maximum atomic E-state index is 12.4. The van der Waals surface area contributed by atoms with E-state index < -0.39 is 6.04 Å². The summed E-state index contributed by atoms with van der Waals surface area (Å²) < 4.78 is 0. The molecule has 1 aliphatic heterocycles. The zero-order valence-electron chi connectivity index (χ0n) is 11.2. The fraction of sp³-hybridized carbons (Fsp3) is 0.533. The number of hydrogen-bond acceptors (Lipinski definition) is 2. The Hall–Kier alpha value is -1.55. The van der Waals surface area contributed by atoms with Crippen LogP contribution in [0.1, 0.15) is 25.3 Å². The summed E-state index contributed by atoms with van der Waals surface area (Å²) in [7, 11) is 0. The summed E-state index contributed by atoms with van der Waals surface area (Å²) >= 11 is 0. The number of amides is 1. The number of fused-ring (bicyclic) bond motifs is 1. The van der Waals surface area contributed by atoms with Crippen LogP contribution in [0, 0.1) is 5.92 Å². The predicted molar refractivity (Wildman–Crippen MR) is 74.0 cm³/mol. The number of carbonyl (C=O) groups excluding carboxylic acids is 1. The topological polar surface area (TPSA) is 69.2 Å². The van der Waals surface area contributed by atoms with Gasteiger partial charge >= 0.3 is 0 Å². The summed E-state index contributed by atoms with van der Waals surface area (Å²) in [4.78, 5) is 14.4. The number of hydrogen-bond donors (Lipinski definition) is 1. The fourth-order valence-corrected chi connectivity index (χ4v) is 3.26. The molecule has 0 bridgehead atoms. The fourth-order valence-electron chi connectivity index (χ4n) is 3.26. The van der Waals surface area contributed by atoms with Gasteiger partial charge in [0.2, 0.25) is 5.91 Å². The van der Waals surface area contributed by atoms with Gasteiger partial charge in [0.05, 0.1) is 6.04 Å². The Morgan fingerprint density at radius 3 is 2.68 bits per heavy atom. The van der Waals surface area contributed by atoms with Crippen LogP contribution in [-0.4, -0.2) is 34.0 Å². The molecule has 2 unspecified atom stereocenters. The quantitative estimate of drug-likeness (QED) is 0.825. The molecule has 4 N–H and O–H groups in total. The first-order valence-corrected chi connectivity index (χ1v) is 6.94. The minimum atomic E-state index is -0.460. The van der Waals surface area contributed by atoms with E-state index in [2.05, 4.69) is 6.92 Å². The summed E-state index contributed by atoms with van der Waals surface area (Å²) in [6.07, 6.45) is 2.85. The molecule has 1 aliphatic carbocycles. The van der Waals surface area contributed by atoms with Gasteiger partial charge in [-0.05, 0) is 49.8 Å². The predicted octanol–water partition coefficient (Wildman–Crippen LogP) is 1.00. The molecule has 0 aromatic heterocycles. The molecule has 0 spiro atoms. The third-order valence-electron chi connectivity index (χ3n) is 4.34. The highest BCUT2D eigenvalue weighted by molar-refractivity contribution is 5.83. The first-order valence-electron chi connectivity index (χ1n) is 6.94. The van der Waals surface area contributed by atoms with Crippen LogP contribution in [0.5, 0.6) is 5.75 Å². The first kappa shape index (κ1) is 12.5. The minimum absolute atomic E-state index is 0.0902. The Labute approximate surface area is 113 Å². The van der Waals surface area contributed by atoms with Gasteiger partial charge in [-0.1, -0.05) is 0 Å². The van der Waals surface area contributed by atoms with Crippen molar-refractivity contribution < 1.29 is 9.90 Å². The van der Waals surface area contributed by atoms with Crippen LogP contribution in [0.4, 0.5) is 0 Å². The van der Waals surface area contributed by atoms with E-state index in [1.54, 1.807) is 12.1 Å². The van der Waals surface area contributed by atoms with Crippen LogP contribution >= 0.6 is 0 Å². The first-order chi connectivity index (χ1) is 9.06. The second-order valence-corrected chi connectivity index (χ2v) is 5.90. The van der Waals surface area contributed by atoms with Crippen LogP contribution in [0.2, 0.25) is 0 Å². The smallest absolute Gasteiger partial charge is 0.253 e. The SMILES string of the molecule is CC1C[C@@H]2C[C@@H]2N1C(=O)C(N)Cc1ccc([OH2+])cc1. The highest BCUT2D eigenvalue weighted by Crippen LogP contribution is 2.47. The van der Waals surface area contributed by atoms with Crippen LogP contribution in [0.15, 0.2) is 24.3 Å². The molecular formula is C15H21N2O2+. The Kier molecular flexibility index (Phi) is 2.97. The van der Waals surface area contributed by atoms with Crippen molar-refractivity contribution in [3.8, 4) is 5.75 Å². The molecule has 2 fully saturated rings. The van der Waals surface area contributed by atoms with Gasteiger partial charge in [0.1, 0.15) is 0 Å². The standard InChI is InChI=1S/C15H20N2O2/c1-9-6-11-8-14(11)17(9)15(19)13(16)7-10-2-4-12(18)5-3-10/h2-5,9,11,13-14,18H,6-8,16H2,1H3/p+1/t9?,11-,13?,14+/m1/s1. The van der Waals surface area contributed by atoms with Gasteiger partial charge in [-0.2, -0.15) is 0 Å². The Morgan fingerprint density at radius 1 is 1.42 bits per heavy atom. The van der Waals surface area contributed by atoms with Crippen LogP contribution in [0.25, 0.3) is 0 Å². The van der Waals surface area contributed by atoms with Crippen molar-refractivity contribution in [1.29, 1.82) is 0 Å².